The van der Waals surface area contributed by atoms with Gasteiger partial charge in [-0.1, -0.05) is 26.0 Å². The first-order chi connectivity index (χ1) is 9.60. The number of hydrogen-bond acceptors (Lipinski definition) is 3. The summed E-state index contributed by atoms with van der Waals surface area (Å²) in [5.41, 5.74) is 5.15. The van der Waals surface area contributed by atoms with Gasteiger partial charge in [-0.2, -0.15) is 5.26 Å². The molecule has 20 heavy (non-hydrogen) atoms. The van der Waals surface area contributed by atoms with Crippen molar-refractivity contribution in [1.82, 2.24) is 10.3 Å². The van der Waals surface area contributed by atoms with E-state index in [9.17, 15) is 0 Å². The molecule has 0 spiro atoms. The number of benzene rings is 1. The van der Waals surface area contributed by atoms with Crippen LogP contribution in [-0.2, 0) is 6.54 Å². The molecule has 0 unspecified atom stereocenters. The standard InChI is InChI=1S/C17H19N3/c1-12(2)20-10-14-5-4-13(3)17(7-14)16-6-15(8-18)9-19-11-16/h4-7,9,11-12,20H,10H2,1-3H3. The van der Waals surface area contributed by atoms with E-state index in [1.807, 2.05) is 12.3 Å². The van der Waals surface area contributed by atoms with Crippen LogP contribution in [0.4, 0.5) is 0 Å². The Morgan fingerprint density at radius 1 is 1.25 bits per heavy atom. The highest BCUT2D eigenvalue weighted by molar-refractivity contribution is 5.68. The monoisotopic (exact) mass is 265 g/mol. The number of rotatable bonds is 4. The van der Waals surface area contributed by atoms with Gasteiger partial charge < -0.3 is 5.32 Å². The SMILES string of the molecule is Cc1ccc(CNC(C)C)cc1-c1cncc(C#N)c1. The van der Waals surface area contributed by atoms with Crippen molar-refractivity contribution in [2.24, 2.45) is 0 Å². The van der Waals surface area contributed by atoms with Gasteiger partial charge in [0.1, 0.15) is 6.07 Å². The van der Waals surface area contributed by atoms with Gasteiger partial charge in [-0.15, -0.1) is 0 Å². The summed E-state index contributed by atoms with van der Waals surface area (Å²) in [7, 11) is 0. The lowest BCUT2D eigenvalue weighted by Crippen LogP contribution is -2.21. The van der Waals surface area contributed by atoms with Gasteiger partial charge in [-0.25, -0.2) is 0 Å². The molecule has 3 heteroatoms. The summed E-state index contributed by atoms with van der Waals surface area (Å²) in [6.07, 6.45) is 3.39. The van der Waals surface area contributed by atoms with Gasteiger partial charge in [0.2, 0.25) is 0 Å². The Balaban J connectivity index is 2.35. The lowest BCUT2D eigenvalue weighted by Gasteiger charge is -2.12. The van der Waals surface area contributed by atoms with E-state index in [4.69, 9.17) is 5.26 Å². The van der Waals surface area contributed by atoms with Gasteiger partial charge >= 0.3 is 0 Å². The normalized spacial score (nSPS) is 10.6. The van der Waals surface area contributed by atoms with E-state index < -0.39 is 0 Å². The van der Waals surface area contributed by atoms with Crippen LogP contribution >= 0.6 is 0 Å². The Hall–Kier alpha value is -2.18. The molecule has 0 aliphatic heterocycles. The highest BCUT2D eigenvalue weighted by atomic mass is 14.9. The fraction of sp³-hybridized carbons (Fsp3) is 0.294. The molecule has 0 bridgehead atoms. The molecule has 1 aromatic carbocycles. The molecular formula is C17H19N3. The third-order valence-electron chi connectivity index (χ3n) is 3.19. The van der Waals surface area contributed by atoms with E-state index in [-0.39, 0.29) is 0 Å². The Kier molecular flexibility index (Phi) is 4.49. The van der Waals surface area contributed by atoms with Gasteiger partial charge in [-0.05, 0) is 35.7 Å². The van der Waals surface area contributed by atoms with Crippen molar-refractivity contribution in [3.63, 3.8) is 0 Å². The molecule has 1 N–H and O–H groups in total. The van der Waals surface area contributed by atoms with Crippen LogP contribution in [0.5, 0.6) is 0 Å². The summed E-state index contributed by atoms with van der Waals surface area (Å²) in [5, 5.41) is 12.4. The van der Waals surface area contributed by atoms with E-state index in [0.717, 1.165) is 17.7 Å². The van der Waals surface area contributed by atoms with Crippen LogP contribution in [0.25, 0.3) is 11.1 Å². The van der Waals surface area contributed by atoms with Crippen molar-refractivity contribution in [2.45, 2.75) is 33.4 Å². The second-order valence-corrected chi connectivity index (χ2v) is 5.26. The molecular weight excluding hydrogens is 246 g/mol. The van der Waals surface area contributed by atoms with Crippen LogP contribution < -0.4 is 5.32 Å². The van der Waals surface area contributed by atoms with Crippen molar-refractivity contribution in [3.8, 4) is 17.2 Å². The predicted molar refractivity (Wildman–Crippen MR) is 81.1 cm³/mol. The second-order valence-electron chi connectivity index (χ2n) is 5.26. The van der Waals surface area contributed by atoms with Crippen LogP contribution in [0.3, 0.4) is 0 Å². The minimum absolute atomic E-state index is 0.461. The predicted octanol–water partition coefficient (Wildman–Crippen LogP) is 3.43. The molecule has 0 saturated carbocycles. The largest absolute Gasteiger partial charge is 0.310 e. The maximum atomic E-state index is 8.98. The van der Waals surface area contributed by atoms with E-state index in [1.165, 1.54) is 11.1 Å². The van der Waals surface area contributed by atoms with Crippen molar-refractivity contribution in [2.75, 3.05) is 0 Å². The molecule has 1 aromatic heterocycles. The number of aromatic nitrogens is 1. The van der Waals surface area contributed by atoms with Crippen molar-refractivity contribution < 1.29 is 0 Å². The zero-order valence-corrected chi connectivity index (χ0v) is 12.1. The number of nitrogens with one attached hydrogen (secondary N) is 1. The first kappa shape index (κ1) is 14.2. The van der Waals surface area contributed by atoms with Crippen LogP contribution in [0, 0.1) is 18.3 Å². The minimum atomic E-state index is 0.461. The Morgan fingerprint density at radius 3 is 2.75 bits per heavy atom. The molecule has 0 fully saturated rings. The maximum absolute atomic E-state index is 8.98. The van der Waals surface area contributed by atoms with Gasteiger partial charge in [0.05, 0.1) is 5.56 Å². The lowest BCUT2D eigenvalue weighted by molar-refractivity contribution is 0.589. The maximum Gasteiger partial charge on any atom is 0.101 e. The van der Waals surface area contributed by atoms with E-state index >= 15 is 0 Å². The summed E-state index contributed by atoms with van der Waals surface area (Å²) in [5.74, 6) is 0. The summed E-state index contributed by atoms with van der Waals surface area (Å²) >= 11 is 0. The molecule has 102 valence electrons. The topological polar surface area (TPSA) is 48.7 Å². The van der Waals surface area contributed by atoms with Gasteiger partial charge in [0.25, 0.3) is 0 Å². The van der Waals surface area contributed by atoms with E-state index in [2.05, 4.69) is 55.3 Å². The third-order valence-corrected chi connectivity index (χ3v) is 3.19. The van der Waals surface area contributed by atoms with Crippen molar-refractivity contribution >= 4 is 0 Å². The quantitative estimate of drug-likeness (QED) is 0.921. The molecule has 0 amide bonds. The number of nitriles is 1. The average molecular weight is 265 g/mol. The van der Waals surface area contributed by atoms with Crippen LogP contribution in [0.2, 0.25) is 0 Å². The summed E-state index contributed by atoms with van der Waals surface area (Å²) in [4.78, 5) is 4.14. The number of pyridine rings is 1. The number of aryl methyl sites for hydroxylation is 1. The lowest BCUT2D eigenvalue weighted by atomic mass is 9.98. The first-order valence-electron chi connectivity index (χ1n) is 6.78. The van der Waals surface area contributed by atoms with Crippen LogP contribution in [-0.4, -0.2) is 11.0 Å². The van der Waals surface area contributed by atoms with Crippen molar-refractivity contribution in [3.05, 3.63) is 53.3 Å². The molecule has 2 rings (SSSR count). The highest BCUT2D eigenvalue weighted by Gasteiger charge is 2.05. The van der Waals surface area contributed by atoms with E-state index in [1.54, 1.807) is 6.20 Å². The fourth-order valence-electron chi connectivity index (χ4n) is 2.06. The third kappa shape index (κ3) is 3.43. The van der Waals surface area contributed by atoms with Gasteiger partial charge in [-0.3, -0.25) is 4.98 Å². The number of nitrogens with zero attached hydrogens (tertiary/aromatic N) is 2. The number of hydrogen-bond donors (Lipinski definition) is 1. The fourth-order valence-corrected chi connectivity index (χ4v) is 2.06. The Morgan fingerprint density at radius 2 is 2.05 bits per heavy atom. The molecule has 0 atom stereocenters. The smallest absolute Gasteiger partial charge is 0.101 e. The summed E-state index contributed by atoms with van der Waals surface area (Å²) < 4.78 is 0. The average Bonchev–Trinajstić information content (AvgIpc) is 2.46. The zero-order chi connectivity index (χ0) is 14.5. The van der Waals surface area contributed by atoms with Crippen LogP contribution in [0.1, 0.15) is 30.5 Å². The molecule has 0 aliphatic carbocycles. The van der Waals surface area contributed by atoms with Crippen LogP contribution in [0.15, 0.2) is 36.7 Å². The Labute approximate surface area is 120 Å². The molecule has 0 aliphatic rings. The highest BCUT2D eigenvalue weighted by Crippen LogP contribution is 2.24. The van der Waals surface area contributed by atoms with Gasteiger partial charge in [0, 0.05) is 30.5 Å². The molecule has 0 saturated heterocycles. The Bertz CT molecular complexity index is 639. The molecule has 3 nitrogen and oxygen atoms in total. The van der Waals surface area contributed by atoms with E-state index in [0.29, 0.717) is 11.6 Å². The summed E-state index contributed by atoms with van der Waals surface area (Å²) in [6, 6.07) is 10.9. The molecule has 1 heterocycles. The molecule has 0 radical (unpaired) electrons. The second kappa shape index (κ2) is 6.31. The molecule has 2 aromatic rings. The minimum Gasteiger partial charge on any atom is -0.310 e. The zero-order valence-electron chi connectivity index (χ0n) is 12.1. The van der Waals surface area contributed by atoms with Crippen molar-refractivity contribution in [1.29, 1.82) is 5.26 Å². The summed E-state index contributed by atoms with van der Waals surface area (Å²) in [6.45, 7) is 7.19. The van der Waals surface area contributed by atoms with Gasteiger partial charge in [0.15, 0.2) is 0 Å². The first-order valence-corrected chi connectivity index (χ1v) is 6.78.